The predicted molar refractivity (Wildman–Crippen MR) is 97.5 cm³/mol. The van der Waals surface area contributed by atoms with E-state index in [1.807, 2.05) is 6.92 Å². The van der Waals surface area contributed by atoms with Gasteiger partial charge in [0.15, 0.2) is 11.5 Å². The van der Waals surface area contributed by atoms with Gasteiger partial charge in [-0.2, -0.15) is 4.98 Å². The van der Waals surface area contributed by atoms with E-state index in [1.165, 1.54) is 0 Å². The van der Waals surface area contributed by atoms with Gasteiger partial charge in [-0.3, -0.25) is 9.59 Å². The van der Waals surface area contributed by atoms with Gasteiger partial charge in [0.2, 0.25) is 23.5 Å². The highest BCUT2D eigenvalue weighted by atomic mass is 16.5. The fraction of sp³-hybridized carbons (Fsp3) is 0.444. The molecule has 0 radical (unpaired) electrons. The average molecular weight is 376 g/mol. The molecule has 0 atom stereocenters. The van der Waals surface area contributed by atoms with Crippen LogP contribution in [0.5, 0.6) is 11.5 Å². The first-order valence-corrected chi connectivity index (χ1v) is 8.65. The van der Waals surface area contributed by atoms with Gasteiger partial charge in [-0.25, -0.2) is 0 Å². The second-order valence-corrected chi connectivity index (χ2v) is 5.71. The maximum atomic E-state index is 11.8. The Balaban J connectivity index is 1.87. The number of carbonyl (C=O) groups is 2. The Bertz CT molecular complexity index is 775. The third-order valence-electron chi connectivity index (χ3n) is 3.69. The summed E-state index contributed by atoms with van der Waals surface area (Å²) in [4.78, 5) is 27.6. The quantitative estimate of drug-likeness (QED) is 0.642. The van der Waals surface area contributed by atoms with Gasteiger partial charge in [0.25, 0.3) is 0 Å². The number of nitrogens with zero attached hydrogens (tertiary/aromatic N) is 2. The lowest BCUT2D eigenvalue weighted by Crippen LogP contribution is -2.37. The summed E-state index contributed by atoms with van der Waals surface area (Å²) in [6.45, 7) is 2.51. The van der Waals surface area contributed by atoms with Crippen LogP contribution in [0.25, 0.3) is 11.4 Å². The summed E-state index contributed by atoms with van der Waals surface area (Å²) >= 11 is 0. The molecule has 0 aliphatic rings. The standard InChI is InChI=1S/C18H24N4O5/c1-4-9-19-16(24)11-20-15(23)7-8-17-21-18(22-27-17)12-5-6-13(25-2)14(10-12)26-3/h5-6,10H,4,7-9,11H2,1-3H3,(H,19,24)(H,20,23). The van der Waals surface area contributed by atoms with Gasteiger partial charge in [0.05, 0.1) is 20.8 Å². The first-order valence-electron chi connectivity index (χ1n) is 8.65. The predicted octanol–water partition coefficient (Wildman–Crippen LogP) is 1.33. The van der Waals surface area contributed by atoms with Crippen LogP contribution in [-0.4, -0.2) is 49.3 Å². The van der Waals surface area contributed by atoms with Gasteiger partial charge in [-0.15, -0.1) is 0 Å². The Morgan fingerprint density at radius 2 is 1.89 bits per heavy atom. The minimum atomic E-state index is -0.257. The van der Waals surface area contributed by atoms with Crippen molar-refractivity contribution in [1.29, 1.82) is 0 Å². The summed E-state index contributed by atoms with van der Waals surface area (Å²) in [5.41, 5.74) is 0.708. The van der Waals surface area contributed by atoms with Gasteiger partial charge in [-0.05, 0) is 24.6 Å². The largest absolute Gasteiger partial charge is 0.493 e. The zero-order valence-corrected chi connectivity index (χ0v) is 15.7. The number of rotatable bonds is 10. The van der Waals surface area contributed by atoms with Crippen molar-refractivity contribution in [3.63, 3.8) is 0 Å². The summed E-state index contributed by atoms with van der Waals surface area (Å²) in [6.07, 6.45) is 1.27. The smallest absolute Gasteiger partial charge is 0.239 e. The maximum absolute atomic E-state index is 11.8. The molecule has 1 aromatic carbocycles. The van der Waals surface area contributed by atoms with E-state index in [0.717, 1.165) is 6.42 Å². The number of amides is 2. The molecule has 1 aromatic heterocycles. The maximum Gasteiger partial charge on any atom is 0.239 e. The Morgan fingerprint density at radius 3 is 2.59 bits per heavy atom. The van der Waals surface area contributed by atoms with Crippen LogP contribution in [0.3, 0.4) is 0 Å². The van der Waals surface area contributed by atoms with Crippen LogP contribution in [-0.2, 0) is 16.0 Å². The van der Waals surface area contributed by atoms with Crippen molar-refractivity contribution in [3.8, 4) is 22.9 Å². The van der Waals surface area contributed by atoms with Gasteiger partial charge in [0.1, 0.15) is 0 Å². The summed E-state index contributed by atoms with van der Waals surface area (Å²) in [6, 6.07) is 5.29. The molecule has 0 saturated heterocycles. The Hall–Kier alpha value is -3.10. The molecule has 1 heterocycles. The van der Waals surface area contributed by atoms with Crippen LogP contribution in [0, 0.1) is 0 Å². The molecule has 27 heavy (non-hydrogen) atoms. The molecule has 0 unspecified atom stereocenters. The van der Waals surface area contributed by atoms with Crippen molar-refractivity contribution >= 4 is 11.8 Å². The van der Waals surface area contributed by atoms with Gasteiger partial charge < -0.3 is 24.6 Å². The van der Waals surface area contributed by atoms with E-state index in [4.69, 9.17) is 14.0 Å². The van der Waals surface area contributed by atoms with E-state index in [0.29, 0.717) is 35.3 Å². The summed E-state index contributed by atoms with van der Waals surface area (Å²) in [5, 5.41) is 9.17. The molecule has 9 nitrogen and oxygen atoms in total. The average Bonchev–Trinajstić information content (AvgIpc) is 3.17. The molecular weight excluding hydrogens is 352 g/mol. The first-order chi connectivity index (χ1) is 13.1. The first kappa shape index (κ1) is 20.2. The fourth-order valence-corrected chi connectivity index (χ4v) is 2.26. The van der Waals surface area contributed by atoms with Gasteiger partial charge >= 0.3 is 0 Å². The molecule has 2 aromatic rings. The molecule has 0 spiro atoms. The van der Waals surface area contributed by atoms with Gasteiger partial charge in [0, 0.05) is 24.9 Å². The highest BCUT2D eigenvalue weighted by Gasteiger charge is 2.13. The minimum absolute atomic E-state index is 0.0421. The highest BCUT2D eigenvalue weighted by molar-refractivity contribution is 5.84. The number of hydrogen-bond acceptors (Lipinski definition) is 7. The van der Waals surface area contributed by atoms with E-state index < -0.39 is 0 Å². The molecule has 0 aliphatic carbocycles. The van der Waals surface area contributed by atoms with Crippen LogP contribution in [0.15, 0.2) is 22.7 Å². The molecule has 2 N–H and O–H groups in total. The summed E-state index contributed by atoms with van der Waals surface area (Å²) in [7, 11) is 3.10. The number of methoxy groups -OCH3 is 2. The van der Waals surface area contributed by atoms with Crippen LogP contribution in [0.4, 0.5) is 0 Å². The van der Waals surface area contributed by atoms with Crippen molar-refractivity contribution in [2.75, 3.05) is 27.3 Å². The lowest BCUT2D eigenvalue weighted by atomic mass is 10.2. The van der Waals surface area contributed by atoms with Crippen LogP contribution >= 0.6 is 0 Å². The van der Waals surface area contributed by atoms with Crippen molar-refractivity contribution in [2.24, 2.45) is 0 Å². The molecule has 146 valence electrons. The van der Waals surface area contributed by atoms with Crippen molar-refractivity contribution < 1.29 is 23.6 Å². The molecule has 0 bridgehead atoms. The third kappa shape index (κ3) is 5.98. The van der Waals surface area contributed by atoms with Gasteiger partial charge in [-0.1, -0.05) is 12.1 Å². The zero-order chi connectivity index (χ0) is 19.6. The molecule has 0 aliphatic heterocycles. The number of aryl methyl sites for hydroxylation is 1. The topological polar surface area (TPSA) is 116 Å². The summed E-state index contributed by atoms with van der Waals surface area (Å²) < 4.78 is 15.6. The van der Waals surface area contributed by atoms with E-state index in [1.54, 1.807) is 32.4 Å². The minimum Gasteiger partial charge on any atom is -0.493 e. The van der Waals surface area contributed by atoms with Crippen molar-refractivity contribution in [1.82, 2.24) is 20.8 Å². The second-order valence-electron chi connectivity index (χ2n) is 5.71. The van der Waals surface area contributed by atoms with Crippen LogP contribution in [0.1, 0.15) is 25.7 Å². The monoisotopic (exact) mass is 376 g/mol. The lowest BCUT2D eigenvalue weighted by Gasteiger charge is -2.07. The number of nitrogens with one attached hydrogen (secondary N) is 2. The molecule has 0 saturated carbocycles. The zero-order valence-electron chi connectivity index (χ0n) is 15.7. The Kier molecular flexibility index (Phi) is 7.60. The highest BCUT2D eigenvalue weighted by Crippen LogP contribution is 2.31. The van der Waals surface area contributed by atoms with E-state index in [2.05, 4.69) is 20.8 Å². The number of aromatic nitrogens is 2. The normalized spacial score (nSPS) is 10.3. The van der Waals surface area contributed by atoms with Crippen LogP contribution in [0.2, 0.25) is 0 Å². The lowest BCUT2D eigenvalue weighted by molar-refractivity contribution is -0.126. The van der Waals surface area contributed by atoms with E-state index >= 15 is 0 Å². The SMILES string of the molecule is CCCNC(=O)CNC(=O)CCc1nc(-c2ccc(OC)c(OC)c2)no1. The summed E-state index contributed by atoms with van der Waals surface area (Å²) in [5.74, 6) is 1.42. The molecule has 9 heteroatoms. The van der Waals surface area contributed by atoms with E-state index in [-0.39, 0.29) is 31.2 Å². The Morgan fingerprint density at radius 1 is 1.11 bits per heavy atom. The van der Waals surface area contributed by atoms with Crippen molar-refractivity contribution in [2.45, 2.75) is 26.2 Å². The number of ether oxygens (including phenoxy) is 2. The molecule has 2 rings (SSSR count). The molecule has 2 amide bonds. The van der Waals surface area contributed by atoms with Crippen LogP contribution < -0.4 is 20.1 Å². The Labute approximate surface area is 157 Å². The third-order valence-corrected chi connectivity index (χ3v) is 3.69. The fourth-order valence-electron chi connectivity index (χ4n) is 2.26. The molecular formula is C18H24N4O5. The number of carbonyl (C=O) groups excluding carboxylic acids is 2. The van der Waals surface area contributed by atoms with Crippen molar-refractivity contribution in [3.05, 3.63) is 24.1 Å². The second kappa shape index (κ2) is 10.1. The van der Waals surface area contributed by atoms with E-state index in [9.17, 15) is 9.59 Å². The number of benzene rings is 1. The number of hydrogen-bond donors (Lipinski definition) is 2. The molecule has 0 fully saturated rings.